The van der Waals surface area contributed by atoms with Crippen LogP contribution in [0.4, 0.5) is 30.2 Å². The number of hydrogen-bond acceptors (Lipinski definition) is 4. The second-order valence-corrected chi connectivity index (χ2v) is 9.61. The van der Waals surface area contributed by atoms with Gasteiger partial charge in [-0.25, -0.2) is 4.79 Å². The number of carbonyl (C=O) groups excluding carboxylic acids is 1. The molecule has 0 bridgehead atoms. The number of aromatic carboxylic acids is 1. The van der Waals surface area contributed by atoms with Crippen molar-refractivity contribution < 1.29 is 33.0 Å². The Morgan fingerprint density at radius 1 is 0.950 bits per heavy atom. The van der Waals surface area contributed by atoms with E-state index in [2.05, 4.69) is 4.99 Å². The maximum absolute atomic E-state index is 13.6. The third-order valence-corrected chi connectivity index (χ3v) is 6.68. The Kier molecular flexibility index (Phi) is 6.67. The third kappa shape index (κ3) is 4.93. The minimum absolute atomic E-state index is 0.0213. The van der Waals surface area contributed by atoms with Crippen LogP contribution < -0.4 is 4.90 Å². The SMILES string of the molecule is Cc1cc(C)cc(-c2cccc(N=CC3C(=O)N(c4cccc(C(=O)O)c4)c4cc(C(F)(F)F)ccc43)c2O)c1. The van der Waals surface area contributed by atoms with Crippen LogP contribution in [0.25, 0.3) is 11.1 Å². The van der Waals surface area contributed by atoms with Gasteiger partial charge in [0, 0.05) is 17.5 Å². The van der Waals surface area contributed by atoms with Crippen molar-refractivity contribution in [1.82, 2.24) is 0 Å². The number of phenols is 1. The van der Waals surface area contributed by atoms with Gasteiger partial charge in [-0.2, -0.15) is 13.2 Å². The molecule has 2 N–H and O–H groups in total. The Bertz CT molecular complexity index is 1670. The van der Waals surface area contributed by atoms with E-state index in [-0.39, 0.29) is 33.9 Å². The van der Waals surface area contributed by atoms with Gasteiger partial charge in [0.15, 0.2) is 0 Å². The predicted molar refractivity (Wildman–Crippen MR) is 146 cm³/mol. The Morgan fingerprint density at radius 2 is 1.65 bits per heavy atom. The molecule has 1 aliphatic rings. The van der Waals surface area contributed by atoms with E-state index in [1.807, 2.05) is 32.0 Å². The molecule has 40 heavy (non-hydrogen) atoms. The lowest BCUT2D eigenvalue weighted by atomic mass is 9.99. The van der Waals surface area contributed by atoms with Crippen molar-refractivity contribution in [2.45, 2.75) is 25.9 Å². The average molecular weight is 545 g/mol. The summed E-state index contributed by atoms with van der Waals surface area (Å²) in [6.45, 7) is 3.89. The summed E-state index contributed by atoms with van der Waals surface area (Å²) in [6, 6.07) is 19.3. The molecule has 4 aromatic carbocycles. The summed E-state index contributed by atoms with van der Waals surface area (Å²) >= 11 is 0. The quantitative estimate of drug-likeness (QED) is 0.254. The third-order valence-electron chi connectivity index (χ3n) is 6.68. The molecule has 4 aromatic rings. The number of alkyl halides is 3. The fourth-order valence-electron chi connectivity index (χ4n) is 4.91. The summed E-state index contributed by atoms with van der Waals surface area (Å²) in [5.74, 6) is -3.02. The summed E-state index contributed by atoms with van der Waals surface area (Å²) in [5, 5.41) is 20.4. The van der Waals surface area contributed by atoms with Crippen molar-refractivity contribution in [2.24, 2.45) is 4.99 Å². The van der Waals surface area contributed by atoms with E-state index in [0.717, 1.165) is 33.7 Å². The number of halogens is 3. The summed E-state index contributed by atoms with van der Waals surface area (Å²) in [4.78, 5) is 30.6. The van der Waals surface area contributed by atoms with Gasteiger partial charge >= 0.3 is 12.1 Å². The first kappa shape index (κ1) is 26.7. The van der Waals surface area contributed by atoms with Crippen LogP contribution in [0, 0.1) is 13.8 Å². The summed E-state index contributed by atoms with van der Waals surface area (Å²) in [6.07, 6.45) is -3.37. The second-order valence-electron chi connectivity index (χ2n) is 9.61. The number of benzene rings is 4. The molecule has 0 aromatic heterocycles. The zero-order chi connectivity index (χ0) is 28.8. The highest BCUT2D eigenvalue weighted by Gasteiger charge is 2.40. The molecule has 0 fully saturated rings. The van der Waals surface area contributed by atoms with E-state index in [0.29, 0.717) is 5.56 Å². The fraction of sp³-hybridized carbons (Fsp3) is 0.129. The van der Waals surface area contributed by atoms with Crippen molar-refractivity contribution in [3.8, 4) is 16.9 Å². The summed E-state index contributed by atoms with van der Waals surface area (Å²) in [7, 11) is 0. The Morgan fingerprint density at radius 3 is 2.33 bits per heavy atom. The molecule has 1 aliphatic heterocycles. The first-order chi connectivity index (χ1) is 18.9. The molecule has 5 rings (SSSR count). The van der Waals surface area contributed by atoms with E-state index in [1.165, 1.54) is 36.5 Å². The minimum Gasteiger partial charge on any atom is -0.505 e. The molecule has 1 atom stereocenters. The van der Waals surface area contributed by atoms with Gasteiger partial charge in [0.05, 0.1) is 16.8 Å². The van der Waals surface area contributed by atoms with Crippen molar-refractivity contribution in [3.05, 3.63) is 107 Å². The van der Waals surface area contributed by atoms with Crippen LogP contribution in [0.5, 0.6) is 5.75 Å². The average Bonchev–Trinajstić information content (AvgIpc) is 3.17. The summed E-state index contributed by atoms with van der Waals surface area (Å²) in [5.41, 5.74) is 2.84. The Balaban J connectivity index is 1.58. The number of hydrogen-bond donors (Lipinski definition) is 2. The van der Waals surface area contributed by atoms with Crippen molar-refractivity contribution >= 4 is 35.2 Å². The number of aromatic hydroxyl groups is 1. The Labute approximate surface area is 227 Å². The second kappa shape index (κ2) is 10.00. The number of carboxylic acids is 1. The van der Waals surface area contributed by atoms with Crippen LogP contribution in [0.15, 0.2) is 83.9 Å². The number of rotatable bonds is 5. The highest BCUT2D eigenvalue weighted by molar-refractivity contribution is 6.18. The highest BCUT2D eigenvalue weighted by Crippen LogP contribution is 2.45. The van der Waals surface area contributed by atoms with Gasteiger partial charge in [-0.05, 0) is 61.4 Å². The molecular formula is C31H23F3N2O4. The van der Waals surface area contributed by atoms with Gasteiger partial charge in [0.1, 0.15) is 17.4 Å². The molecule has 0 saturated carbocycles. The normalized spacial score (nSPS) is 15.1. The maximum atomic E-state index is 13.6. The molecule has 6 nitrogen and oxygen atoms in total. The van der Waals surface area contributed by atoms with Gasteiger partial charge in [-0.3, -0.25) is 14.7 Å². The summed E-state index contributed by atoms with van der Waals surface area (Å²) < 4.78 is 40.7. The van der Waals surface area contributed by atoms with Crippen molar-refractivity contribution in [2.75, 3.05) is 4.90 Å². The molecule has 0 spiro atoms. The van der Waals surface area contributed by atoms with E-state index in [4.69, 9.17) is 0 Å². The van der Waals surface area contributed by atoms with Crippen LogP contribution in [-0.2, 0) is 11.0 Å². The fourth-order valence-corrected chi connectivity index (χ4v) is 4.91. The lowest BCUT2D eigenvalue weighted by Gasteiger charge is -2.19. The van der Waals surface area contributed by atoms with E-state index in [9.17, 15) is 33.0 Å². The van der Waals surface area contributed by atoms with E-state index in [1.54, 1.807) is 18.2 Å². The lowest BCUT2D eigenvalue weighted by molar-refractivity contribution is -0.137. The molecular weight excluding hydrogens is 521 g/mol. The van der Waals surface area contributed by atoms with Crippen molar-refractivity contribution in [3.63, 3.8) is 0 Å². The number of fused-ring (bicyclic) bond motifs is 1. The van der Waals surface area contributed by atoms with Crippen LogP contribution in [0.1, 0.15) is 38.5 Å². The topological polar surface area (TPSA) is 90.2 Å². The van der Waals surface area contributed by atoms with Gasteiger partial charge in [0.2, 0.25) is 5.91 Å². The number of nitrogens with zero attached hydrogens (tertiary/aromatic N) is 2. The number of amides is 1. The van der Waals surface area contributed by atoms with Crippen LogP contribution in [0.3, 0.4) is 0 Å². The molecule has 0 radical (unpaired) electrons. The zero-order valence-corrected chi connectivity index (χ0v) is 21.4. The number of para-hydroxylation sites is 1. The first-order valence-corrected chi connectivity index (χ1v) is 12.3. The van der Waals surface area contributed by atoms with E-state index >= 15 is 0 Å². The number of carbonyl (C=O) groups is 2. The molecule has 1 unspecified atom stereocenters. The smallest absolute Gasteiger partial charge is 0.416 e. The van der Waals surface area contributed by atoms with Crippen molar-refractivity contribution in [1.29, 1.82) is 0 Å². The predicted octanol–water partition coefficient (Wildman–Crippen LogP) is 7.56. The number of aryl methyl sites for hydroxylation is 2. The van der Waals surface area contributed by atoms with Gasteiger partial charge in [-0.15, -0.1) is 0 Å². The number of phenolic OH excluding ortho intramolecular Hbond substituents is 1. The number of carboxylic acid groups (broad SMARTS) is 1. The van der Waals surface area contributed by atoms with Crippen LogP contribution >= 0.6 is 0 Å². The molecule has 9 heteroatoms. The molecule has 0 saturated heterocycles. The molecule has 1 amide bonds. The Hall–Kier alpha value is -4.92. The molecule has 202 valence electrons. The lowest BCUT2D eigenvalue weighted by Crippen LogP contribution is -2.24. The minimum atomic E-state index is -4.65. The van der Waals surface area contributed by atoms with E-state index < -0.39 is 29.5 Å². The number of anilines is 2. The monoisotopic (exact) mass is 544 g/mol. The van der Waals surface area contributed by atoms with Crippen LogP contribution in [0.2, 0.25) is 0 Å². The standard InChI is InChI=1S/C31H23F3N2O4/c1-17-11-18(2)13-20(12-17)23-7-4-8-26(28(23)37)35-16-25-24-10-9-21(31(32,33)34)15-27(24)36(29(25)38)22-6-3-5-19(14-22)30(39)40/h3-16,25,37H,1-2H3,(H,39,40). The van der Waals surface area contributed by atoms with Gasteiger partial charge in [0.25, 0.3) is 0 Å². The van der Waals surface area contributed by atoms with Gasteiger partial charge < -0.3 is 10.2 Å². The largest absolute Gasteiger partial charge is 0.505 e. The molecule has 0 aliphatic carbocycles. The molecule has 1 heterocycles. The highest BCUT2D eigenvalue weighted by atomic mass is 19.4. The number of aliphatic imine (C=N–C) groups is 1. The first-order valence-electron chi connectivity index (χ1n) is 12.3. The maximum Gasteiger partial charge on any atom is 0.416 e. The van der Waals surface area contributed by atoms with Gasteiger partial charge in [-0.1, -0.05) is 53.6 Å². The van der Waals surface area contributed by atoms with Crippen LogP contribution in [-0.4, -0.2) is 28.3 Å². The zero-order valence-electron chi connectivity index (χ0n) is 21.4.